The molecule has 2 aliphatic carbocycles. The molecule has 5 heteroatoms. The number of nitrogens with one attached hydrogen (secondary N) is 1. The Bertz CT molecular complexity index is 354. The van der Waals surface area contributed by atoms with Crippen LogP contribution in [0, 0.1) is 5.92 Å². The first-order valence-corrected chi connectivity index (χ1v) is 7.98. The van der Waals surface area contributed by atoms with Crippen LogP contribution in [0.15, 0.2) is 5.16 Å². The van der Waals surface area contributed by atoms with Gasteiger partial charge >= 0.3 is 0 Å². The summed E-state index contributed by atoms with van der Waals surface area (Å²) >= 11 is 0. The van der Waals surface area contributed by atoms with E-state index in [4.69, 9.17) is 10.9 Å². The van der Waals surface area contributed by atoms with Crippen LogP contribution in [0.1, 0.15) is 70.6 Å². The molecule has 0 bridgehead atoms. The molecular weight excluding hydrogens is 254 g/mol. The van der Waals surface area contributed by atoms with Gasteiger partial charge in [-0.3, -0.25) is 4.79 Å². The minimum Gasteiger partial charge on any atom is -0.409 e. The highest BCUT2D eigenvalue weighted by Crippen LogP contribution is 2.30. The maximum absolute atomic E-state index is 12.5. The summed E-state index contributed by atoms with van der Waals surface area (Å²) in [5.74, 6) is 0.372. The van der Waals surface area contributed by atoms with E-state index in [1.54, 1.807) is 0 Å². The highest BCUT2D eigenvalue weighted by molar-refractivity contribution is 5.94. The van der Waals surface area contributed by atoms with Crippen molar-refractivity contribution in [3.8, 4) is 0 Å². The van der Waals surface area contributed by atoms with Crippen molar-refractivity contribution in [3.05, 3.63) is 0 Å². The van der Waals surface area contributed by atoms with E-state index in [-0.39, 0.29) is 17.7 Å². The Balaban J connectivity index is 2.08. The Morgan fingerprint density at radius 1 is 1.05 bits per heavy atom. The van der Waals surface area contributed by atoms with Crippen LogP contribution in [0.3, 0.4) is 0 Å². The molecule has 0 heterocycles. The van der Waals surface area contributed by atoms with Gasteiger partial charge < -0.3 is 16.3 Å². The summed E-state index contributed by atoms with van der Waals surface area (Å²) < 4.78 is 0. The summed E-state index contributed by atoms with van der Waals surface area (Å²) in [6.45, 7) is 0. The van der Waals surface area contributed by atoms with Crippen LogP contribution in [-0.4, -0.2) is 22.5 Å². The van der Waals surface area contributed by atoms with Gasteiger partial charge in [0.2, 0.25) is 5.91 Å². The molecule has 2 fully saturated rings. The number of amidine groups is 1. The number of hydrogen-bond acceptors (Lipinski definition) is 3. The molecule has 4 N–H and O–H groups in total. The first-order valence-electron chi connectivity index (χ1n) is 7.98. The van der Waals surface area contributed by atoms with Crippen molar-refractivity contribution in [1.29, 1.82) is 0 Å². The van der Waals surface area contributed by atoms with Crippen molar-refractivity contribution in [1.82, 2.24) is 5.32 Å². The fraction of sp³-hybridized carbons (Fsp3) is 0.867. The summed E-state index contributed by atoms with van der Waals surface area (Å²) in [7, 11) is 0. The zero-order chi connectivity index (χ0) is 14.4. The zero-order valence-electron chi connectivity index (χ0n) is 12.2. The first kappa shape index (κ1) is 15.1. The van der Waals surface area contributed by atoms with Gasteiger partial charge in [0, 0.05) is 5.92 Å². The lowest BCUT2D eigenvalue weighted by molar-refractivity contribution is -0.127. The number of nitrogens with two attached hydrogens (primary N) is 1. The molecule has 0 saturated heterocycles. The molecule has 0 aromatic carbocycles. The molecule has 0 aromatic heterocycles. The molecule has 5 nitrogen and oxygen atoms in total. The highest BCUT2D eigenvalue weighted by atomic mass is 16.4. The van der Waals surface area contributed by atoms with E-state index >= 15 is 0 Å². The molecule has 2 aliphatic rings. The van der Waals surface area contributed by atoms with Crippen LogP contribution in [0.25, 0.3) is 0 Å². The Labute approximate surface area is 121 Å². The van der Waals surface area contributed by atoms with Gasteiger partial charge in [0.25, 0.3) is 0 Å². The number of rotatable bonds is 3. The van der Waals surface area contributed by atoms with E-state index in [0.717, 1.165) is 64.2 Å². The zero-order valence-corrected chi connectivity index (χ0v) is 12.2. The molecule has 0 unspecified atom stereocenters. The third-order valence-electron chi connectivity index (χ3n) is 4.89. The lowest BCUT2D eigenvalue weighted by atomic mass is 9.85. The van der Waals surface area contributed by atoms with Crippen molar-refractivity contribution in [2.45, 2.75) is 76.2 Å². The number of amides is 1. The predicted molar refractivity (Wildman–Crippen MR) is 78.6 cm³/mol. The lowest BCUT2D eigenvalue weighted by Crippen LogP contribution is -2.58. The van der Waals surface area contributed by atoms with Crippen LogP contribution >= 0.6 is 0 Å². The van der Waals surface area contributed by atoms with E-state index < -0.39 is 5.54 Å². The standard InChI is InChI=1S/C15H27N3O2/c16-14(18-20)15(10-6-1-2-7-11-15)17-13(19)12-8-4-3-5-9-12/h12,20H,1-11H2,(H2,16,18)(H,17,19). The van der Waals surface area contributed by atoms with Crippen LogP contribution in [0.2, 0.25) is 0 Å². The number of carbonyl (C=O) groups excluding carboxylic acids is 1. The predicted octanol–water partition coefficient (Wildman–Crippen LogP) is 2.52. The number of nitrogens with zero attached hydrogens (tertiary/aromatic N) is 1. The van der Waals surface area contributed by atoms with Crippen LogP contribution in [-0.2, 0) is 4.79 Å². The van der Waals surface area contributed by atoms with E-state index in [1.165, 1.54) is 6.42 Å². The van der Waals surface area contributed by atoms with Gasteiger partial charge in [0.05, 0.1) is 0 Å². The van der Waals surface area contributed by atoms with Gasteiger partial charge in [-0.1, -0.05) is 50.1 Å². The van der Waals surface area contributed by atoms with Crippen molar-refractivity contribution >= 4 is 11.7 Å². The van der Waals surface area contributed by atoms with Crippen molar-refractivity contribution < 1.29 is 10.0 Å². The SMILES string of the molecule is N/C(=N/O)C1(NC(=O)C2CCCCC2)CCCCCC1. The molecule has 0 radical (unpaired) electrons. The fourth-order valence-corrected chi connectivity index (χ4v) is 3.58. The largest absolute Gasteiger partial charge is 0.409 e. The van der Waals surface area contributed by atoms with Crippen LogP contribution in [0.4, 0.5) is 0 Å². The number of carbonyl (C=O) groups is 1. The second-order valence-corrected chi connectivity index (χ2v) is 6.31. The van der Waals surface area contributed by atoms with Gasteiger partial charge in [0.1, 0.15) is 5.54 Å². The third-order valence-corrected chi connectivity index (χ3v) is 4.89. The number of hydrogen-bond donors (Lipinski definition) is 3. The van der Waals surface area contributed by atoms with Crippen molar-refractivity contribution in [2.24, 2.45) is 16.8 Å². The molecule has 20 heavy (non-hydrogen) atoms. The molecule has 114 valence electrons. The summed E-state index contributed by atoms with van der Waals surface area (Å²) in [4.78, 5) is 12.5. The summed E-state index contributed by atoms with van der Waals surface area (Å²) in [5, 5.41) is 15.4. The summed E-state index contributed by atoms with van der Waals surface area (Å²) in [6, 6.07) is 0. The third kappa shape index (κ3) is 3.44. The monoisotopic (exact) mass is 281 g/mol. The normalized spacial score (nSPS) is 24.9. The van der Waals surface area contributed by atoms with Gasteiger partial charge in [-0.05, 0) is 25.7 Å². The lowest BCUT2D eigenvalue weighted by Gasteiger charge is -2.34. The van der Waals surface area contributed by atoms with E-state index in [9.17, 15) is 4.79 Å². The van der Waals surface area contributed by atoms with Crippen molar-refractivity contribution in [3.63, 3.8) is 0 Å². The van der Waals surface area contributed by atoms with Crippen LogP contribution in [0.5, 0.6) is 0 Å². The molecular formula is C15H27N3O2. The Kier molecular flexibility index (Phi) is 5.26. The van der Waals surface area contributed by atoms with E-state index in [0.29, 0.717) is 0 Å². The quantitative estimate of drug-likeness (QED) is 0.244. The summed E-state index contributed by atoms with van der Waals surface area (Å²) in [5.41, 5.74) is 5.29. The minimum atomic E-state index is -0.625. The molecule has 0 aromatic rings. The van der Waals surface area contributed by atoms with Gasteiger partial charge in [-0.15, -0.1) is 0 Å². The second kappa shape index (κ2) is 6.95. The fourth-order valence-electron chi connectivity index (χ4n) is 3.58. The van der Waals surface area contributed by atoms with Gasteiger partial charge in [-0.2, -0.15) is 0 Å². The Morgan fingerprint density at radius 2 is 1.60 bits per heavy atom. The smallest absolute Gasteiger partial charge is 0.223 e. The molecule has 0 spiro atoms. The maximum Gasteiger partial charge on any atom is 0.223 e. The highest BCUT2D eigenvalue weighted by Gasteiger charge is 2.38. The Morgan fingerprint density at radius 3 is 2.15 bits per heavy atom. The average Bonchev–Trinajstić information content (AvgIpc) is 2.74. The number of oxime groups is 1. The van der Waals surface area contributed by atoms with Gasteiger partial charge in [0.15, 0.2) is 5.84 Å². The molecule has 2 saturated carbocycles. The van der Waals surface area contributed by atoms with Gasteiger partial charge in [-0.25, -0.2) is 0 Å². The molecule has 0 atom stereocenters. The van der Waals surface area contributed by atoms with E-state index in [1.807, 2.05) is 0 Å². The van der Waals surface area contributed by atoms with E-state index in [2.05, 4.69) is 10.5 Å². The maximum atomic E-state index is 12.5. The molecule has 2 rings (SSSR count). The average molecular weight is 281 g/mol. The molecule has 0 aliphatic heterocycles. The Hall–Kier alpha value is -1.26. The first-order chi connectivity index (χ1) is 9.68. The molecule has 1 amide bonds. The van der Waals surface area contributed by atoms with Crippen molar-refractivity contribution in [2.75, 3.05) is 0 Å². The van der Waals surface area contributed by atoms with Crippen LogP contribution < -0.4 is 11.1 Å². The topological polar surface area (TPSA) is 87.7 Å². The summed E-state index contributed by atoms with van der Waals surface area (Å²) in [6.07, 6.45) is 11.3. The second-order valence-electron chi connectivity index (χ2n) is 6.31. The minimum absolute atomic E-state index is 0.0956.